The average molecular weight is 245 g/mol. The topological polar surface area (TPSA) is 64.0 Å². The molecule has 1 N–H and O–H groups in total. The molecule has 0 saturated carbocycles. The molecule has 0 aliphatic carbocycles. The Bertz CT molecular complexity index is 448. The van der Waals surface area contributed by atoms with Crippen molar-refractivity contribution in [1.82, 2.24) is 9.78 Å². The van der Waals surface area contributed by atoms with Gasteiger partial charge in [-0.15, -0.1) is 0 Å². The zero-order valence-corrected chi connectivity index (χ0v) is 11.0. The van der Waals surface area contributed by atoms with Gasteiger partial charge in [0.25, 0.3) is 0 Å². The van der Waals surface area contributed by atoms with Crippen LogP contribution in [0, 0.1) is 0 Å². The molecule has 0 saturated heterocycles. The van der Waals surface area contributed by atoms with Gasteiger partial charge in [0.15, 0.2) is 9.84 Å². The summed E-state index contributed by atoms with van der Waals surface area (Å²) in [5.41, 5.74) is 0.846. The van der Waals surface area contributed by atoms with Gasteiger partial charge in [-0.05, 0) is 20.8 Å². The monoisotopic (exact) mass is 245 g/mol. The van der Waals surface area contributed by atoms with E-state index >= 15 is 0 Å². The summed E-state index contributed by atoms with van der Waals surface area (Å²) >= 11 is 0. The maximum Gasteiger partial charge on any atom is 0.154 e. The summed E-state index contributed by atoms with van der Waals surface area (Å²) in [7, 11) is -3.06. The lowest BCUT2D eigenvalue weighted by Gasteiger charge is -2.22. The predicted octanol–water partition coefficient (Wildman–Crippen LogP) is 1.14. The highest BCUT2D eigenvalue weighted by Crippen LogP contribution is 2.16. The fourth-order valence-electron chi connectivity index (χ4n) is 1.07. The minimum Gasteiger partial charge on any atom is -0.381 e. The van der Waals surface area contributed by atoms with E-state index in [0.29, 0.717) is 6.54 Å². The molecule has 0 aromatic carbocycles. The molecule has 16 heavy (non-hydrogen) atoms. The average Bonchev–Trinajstić information content (AvgIpc) is 2.60. The van der Waals surface area contributed by atoms with E-state index in [-0.39, 0.29) is 0 Å². The molecular weight excluding hydrogens is 226 g/mol. The number of nitrogens with one attached hydrogen (secondary N) is 1. The fourth-order valence-corrected chi connectivity index (χ4v) is 1.41. The first-order chi connectivity index (χ1) is 7.26. The first kappa shape index (κ1) is 13.0. The van der Waals surface area contributed by atoms with Crippen molar-refractivity contribution in [1.29, 1.82) is 0 Å². The van der Waals surface area contributed by atoms with Gasteiger partial charge >= 0.3 is 0 Å². The van der Waals surface area contributed by atoms with Gasteiger partial charge < -0.3 is 5.32 Å². The van der Waals surface area contributed by atoms with Crippen LogP contribution in [0.3, 0.4) is 0 Å². The van der Waals surface area contributed by atoms with Crippen molar-refractivity contribution in [3.8, 4) is 0 Å². The Kier molecular flexibility index (Phi) is 3.62. The molecule has 92 valence electrons. The maximum atomic E-state index is 11.5. The number of rotatable bonds is 5. The standard InChI is InChI=1S/C10H19N3O2S/c1-5-13-7-9(6-12-13)11-8-10(2,3)16(4,14)15/h6-7,11H,5,8H2,1-4H3. The SMILES string of the molecule is CCn1cc(NCC(C)(C)S(C)(=O)=O)cn1. The van der Waals surface area contributed by atoms with Crippen LogP contribution < -0.4 is 5.32 Å². The molecule has 0 aliphatic rings. The van der Waals surface area contributed by atoms with Crippen LogP contribution in [0.5, 0.6) is 0 Å². The van der Waals surface area contributed by atoms with Crippen LogP contribution in [0.2, 0.25) is 0 Å². The number of hydrogen-bond donors (Lipinski definition) is 1. The van der Waals surface area contributed by atoms with Crippen molar-refractivity contribution in [2.24, 2.45) is 0 Å². The third-order valence-corrected chi connectivity index (χ3v) is 4.83. The zero-order chi connectivity index (χ0) is 12.4. The molecular formula is C10H19N3O2S. The van der Waals surface area contributed by atoms with E-state index in [0.717, 1.165) is 12.2 Å². The first-order valence-electron chi connectivity index (χ1n) is 5.22. The third-order valence-electron chi connectivity index (χ3n) is 2.68. The lowest BCUT2D eigenvalue weighted by molar-refractivity contribution is 0.560. The number of anilines is 1. The first-order valence-corrected chi connectivity index (χ1v) is 7.11. The largest absolute Gasteiger partial charge is 0.381 e. The number of aromatic nitrogens is 2. The summed E-state index contributed by atoms with van der Waals surface area (Å²) in [6.45, 7) is 6.59. The molecule has 0 atom stereocenters. The van der Waals surface area contributed by atoms with Crippen molar-refractivity contribution in [3.05, 3.63) is 12.4 Å². The normalized spacial score (nSPS) is 12.8. The lowest BCUT2D eigenvalue weighted by Crippen LogP contribution is -2.38. The van der Waals surface area contributed by atoms with Crippen molar-refractivity contribution in [3.63, 3.8) is 0 Å². The maximum absolute atomic E-state index is 11.5. The molecule has 0 radical (unpaired) electrons. The Morgan fingerprint density at radius 3 is 2.56 bits per heavy atom. The Hall–Kier alpha value is -1.04. The van der Waals surface area contributed by atoms with E-state index in [2.05, 4.69) is 10.4 Å². The third kappa shape index (κ3) is 2.98. The molecule has 0 amide bonds. The minimum absolute atomic E-state index is 0.376. The summed E-state index contributed by atoms with van der Waals surface area (Å²) in [5.74, 6) is 0. The molecule has 1 rings (SSSR count). The summed E-state index contributed by atoms with van der Waals surface area (Å²) in [4.78, 5) is 0. The molecule has 0 aliphatic heterocycles. The zero-order valence-electron chi connectivity index (χ0n) is 10.2. The molecule has 0 unspecified atom stereocenters. The second-order valence-corrected chi connectivity index (χ2v) is 7.12. The Morgan fingerprint density at radius 2 is 2.12 bits per heavy atom. The summed E-state index contributed by atoms with van der Waals surface area (Å²) < 4.78 is 24.0. The Labute approximate surface area is 96.8 Å². The molecule has 0 fully saturated rings. The van der Waals surface area contributed by atoms with Crippen LogP contribution in [0.4, 0.5) is 5.69 Å². The lowest BCUT2D eigenvalue weighted by atomic mass is 10.2. The van der Waals surface area contributed by atoms with Gasteiger partial charge in [-0.2, -0.15) is 5.10 Å². The highest BCUT2D eigenvalue weighted by atomic mass is 32.2. The van der Waals surface area contributed by atoms with Crippen molar-refractivity contribution in [2.75, 3.05) is 18.1 Å². The van der Waals surface area contributed by atoms with Gasteiger partial charge in [0.1, 0.15) is 0 Å². The van der Waals surface area contributed by atoms with Gasteiger partial charge in [0, 0.05) is 25.5 Å². The Morgan fingerprint density at radius 1 is 1.50 bits per heavy atom. The highest BCUT2D eigenvalue weighted by Gasteiger charge is 2.29. The predicted molar refractivity (Wildman–Crippen MR) is 65.3 cm³/mol. The van der Waals surface area contributed by atoms with E-state index in [9.17, 15) is 8.42 Å². The molecule has 0 bridgehead atoms. The van der Waals surface area contributed by atoms with Gasteiger partial charge in [-0.1, -0.05) is 0 Å². The molecule has 1 aromatic heterocycles. The number of nitrogens with zero attached hydrogens (tertiary/aromatic N) is 2. The summed E-state index contributed by atoms with van der Waals surface area (Å²) in [6, 6.07) is 0. The quantitative estimate of drug-likeness (QED) is 0.845. The molecule has 5 nitrogen and oxygen atoms in total. The van der Waals surface area contributed by atoms with Gasteiger partial charge in [-0.3, -0.25) is 4.68 Å². The van der Waals surface area contributed by atoms with Crippen LogP contribution >= 0.6 is 0 Å². The van der Waals surface area contributed by atoms with Gasteiger partial charge in [0.05, 0.1) is 16.6 Å². The van der Waals surface area contributed by atoms with Crippen molar-refractivity contribution in [2.45, 2.75) is 32.1 Å². The van der Waals surface area contributed by atoms with Crippen molar-refractivity contribution < 1.29 is 8.42 Å². The Balaban J connectivity index is 2.64. The van der Waals surface area contributed by atoms with Crippen LogP contribution in [0.15, 0.2) is 12.4 Å². The second-order valence-electron chi connectivity index (χ2n) is 4.47. The molecule has 0 spiro atoms. The summed E-state index contributed by atoms with van der Waals surface area (Å²) in [6.07, 6.45) is 4.81. The molecule has 1 aromatic rings. The van der Waals surface area contributed by atoms with E-state index < -0.39 is 14.6 Å². The van der Waals surface area contributed by atoms with E-state index in [1.807, 2.05) is 13.1 Å². The van der Waals surface area contributed by atoms with Crippen LogP contribution in [0.25, 0.3) is 0 Å². The second kappa shape index (κ2) is 4.45. The number of sulfone groups is 1. The minimum atomic E-state index is -3.06. The number of hydrogen-bond acceptors (Lipinski definition) is 4. The van der Waals surface area contributed by atoms with E-state index in [1.54, 1.807) is 24.7 Å². The van der Waals surface area contributed by atoms with Crippen LogP contribution in [0.1, 0.15) is 20.8 Å². The summed E-state index contributed by atoms with van der Waals surface area (Å²) in [5, 5.41) is 7.19. The van der Waals surface area contributed by atoms with Crippen molar-refractivity contribution >= 4 is 15.5 Å². The fraction of sp³-hybridized carbons (Fsp3) is 0.700. The van der Waals surface area contributed by atoms with Crippen LogP contribution in [-0.4, -0.2) is 35.7 Å². The van der Waals surface area contributed by atoms with Gasteiger partial charge in [0.2, 0.25) is 0 Å². The molecule has 6 heteroatoms. The van der Waals surface area contributed by atoms with Crippen LogP contribution in [-0.2, 0) is 16.4 Å². The smallest absolute Gasteiger partial charge is 0.154 e. The molecule has 1 heterocycles. The highest BCUT2D eigenvalue weighted by molar-refractivity contribution is 7.92. The van der Waals surface area contributed by atoms with Gasteiger partial charge in [-0.25, -0.2) is 8.42 Å². The van der Waals surface area contributed by atoms with E-state index in [4.69, 9.17) is 0 Å². The van der Waals surface area contributed by atoms with E-state index in [1.165, 1.54) is 6.26 Å². The number of aryl methyl sites for hydroxylation is 1.